The number of carboxylic acids is 1. The van der Waals surface area contributed by atoms with Crippen molar-refractivity contribution in [3.8, 4) is 0 Å². The summed E-state index contributed by atoms with van der Waals surface area (Å²) in [5.74, 6) is -1.55. The van der Waals surface area contributed by atoms with Crippen molar-refractivity contribution in [3.05, 3.63) is 33.9 Å². The second-order valence-corrected chi connectivity index (χ2v) is 4.84. The number of non-ortho nitro benzene ring substituents is 1. The molecule has 0 aliphatic heterocycles. The number of nitrogens with one attached hydrogen (secondary N) is 1. The molecule has 8 nitrogen and oxygen atoms in total. The predicted octanol–water partition coefficient (Wildman–Crippen LogP) is 1.25. The Morgan fingerprint density at radius 1 is 1.43 bits per heavy atom. The van der Waals surface area contributed by atoms with Crippen molar-refractivity contribution in [1.29, 1.82) is 0 Å². The summed E-state index contributed by atoms with van der Waals surface area (Å²) in [5, 5.41) is 22.5. The van der Waals surface area contributed by atoms with Gasteiger partial charge in [0.2, 0.25) is 5.91 Å². The fourth-order valence-corrected chi connectivity index (χ4v) is 1.81. The van der Waals surface area contributed by atoms with Gasteiger partial charge in [0.25, 0.3) is 5.69 Å². The van der Waals surface area contributed by atoms with E-state index in [0.717, 1.165) is 6.07 Å². The van der Waals surface area contributed by atoms with Crippen molar-refractivity contribution >= 4 is 23.3 Å². The van der Waals surface area contributed by atoms with E-state index < -0.39 is 10.9 Å². The van der Waals surface area contributed by atoms with Crippen LogP contribution in [0.2, 0.25) is 0 Å². The largest absolute Gasteiger partial charge is 0.478 e. The number of rotatable bonds is 6. The summed E-state index contributed by atoms with van der Waals surface area (Å²) in [6.07, 6.45) is 0. The first-order valence-electron chi connectivity index (χ1n) is 6.24. The molecule has 0 saturated carbocycles. The van der Waals surface area contributed by atoms with Gasteiger partial charge in [-0.15, -0.1) is 0 Å². The van der Waals surface area contributed by atoms with Gasteiger partial charge in [0.05, 0.1) is 22.7 Å². The van der Waals surface area contributed by atoms with Crippen LogP contribution in [0.5, 0.6) is 0 Å². The molecule has 1 rings (SSSR count). The quantitative estimate of drug-likeness (QED) is 0.603. The monoisotopic (exact) mass is 295 g/mol. The Labute approximate surface area is 121 Å². The average Bonchev–Trinajstić information content (AvgIpc) is 2.36. The van der Waals surface area contributed by atoms with Crippen molar-refractivity contribution in [3.63, 3.8) is 0 Å². The number of nitro benzene ring substituents is 1. The zero-order valence-electron chi connectivity index (χ0n) is 12.0. The standard InChI is InChI=1S/C13H17N3O5/c1-8(2)14-12(17)7-15(3)11-5-4-9(16(20)21)6-10(11)13(18)19/h4-6,8H,7H2,1-3H3,(H,14,17)(H,18,19). The van der Waals surface area contributed by atoms with E-state index in [1.807, 2.05) is 13.8 Å². The Hall–Kier alpha value is -2.64. The summed E-state index contributed by atoms with van der Waals surface area (Å²) < 4.78 is 0. The molecule has 0 spiro atoms. The SMILES string of the molecule is CC(C)NC(=O)CN(C)c1ccc([N+](=O)[O-])cc1C(=O)O. The Kier molecular flexibility index (Phi) is 5.23. The van der Waals surface area contributed by atoms with Gasteiger partial charge in [-0.1, -0.05) is 0 Å². The van der Waals surface area contributed by atoms with Crippen LogP contribution < -0.4 is 10.2 Å². The van der Waals surface area contributed by atoms with Gasteiger partial charge in [-0.25, -0.2) is 4.79 Å². The van der Waals surface area contributed by atoms with Crippen LogP contribution in [-0.2, 0) is 4.79 Å². The maximum Gasteiger partial charge on any atom is 0.338 e. The molecule has 2 N–H and O–H groups in total. The average molecular weight is 295 g/mol. The number of benzene rings is 1. The molecule has 0 aromatic heterocycles. The van der Waals surface area contributed by atoms with Gasteiger partial charge in [-0.05, 0) is 19.9 Å². The highest BCUT2D eigenvalue weighted by molar-refractivity contribution is 5.96. The van der Waals surface area contributed by atoms with E-state index in [-0.39, 0.29) is 35.4 Å². The molecule has 114 valence electrons. The number of carbonyl (C=O) groups is 2. The number of nitro groups is 1. The van der Waals surface area contributed by atoms with Gasteiger partial charge < -0.3 is 15.3 Å². The number of carbonyl (C=O) groups excluding carboxylic acids is 1. The fourth-order valence-electron chi connectivity index (χ4n) is 1.81. The van der Waals surface area contributed by atoms with Crippen molar-refractivity contribution in [2.45, 2.75) is 19.9 Å². The van der Waals surface area contributed by atoms with Crippen LogP contribution in [0.25, 0.3) is 0 Å². The Balaban J connectivity index is 3.03. The summed E-state index contributed by atoms with van der Waals surface area (Å²) in [5.41, 5.74) is -0.285. The maximum absolute atomic E-state index is 11.7. The molecule has 0 bridgehead atoms. The third kappa shape index (κ3) is 4.44. The molecule has 0 radical (unpaired) electrons. The van der Waals surface area contributed by atoms with E-state index in [9.17, 15) is 19.7 Å². The van der Waals surface area contributed by atoms with Crippen LogP contribution in [0.1, 0.15) is 24.2 Å². The lowest BCUT2D eigenvalue weighted by atomic mass is 10.1. The van der Waals surface area contributed by atoms with Gasteiger partial charge in [0.15, 0.2) is 0 Å². The molecule has 0 fully saturated rings. The number of hydrogen-bond donors (Lipinski definition) is 2. The number of hydrogen-bond acceptors (Lipinski definition) is 5. The van der Waals surface area contributed by atoms with Crippen molar-refractivity contribution in [2.75, 3.05) is 18.5 Å². The number of nitrogens with zero attached hydrogens (tertiary/aromatic N) is 2. The van der Waals surface area contributed by atoms with Gasteiger partial charge in [-0.3, -0.25) is 14.9 Å². The molecule has 8 heteroatoms. The van der Waals surface area contributed by atoms with E-state index in [0.29, 0.717) is 0 Å². The fraction of sp³-hybridized carbons (Fsp3) is 0.385. The maximum atomic E-state index is 11.7. The minimum absolute atomic E-state index is 0.0262. The molecule has 0 aliphatic carbocycles. The van der Waals surface area contributed by atoms with Gasteiger partial charge in [0, 0.05) is 25.2 Å². The van der Waals surface area contributed by atoms with Gasteiger partial charge >= 0.3 is 5.97 Å². The molecule has 0 aliphatic rings. The number of amides is 1. The molecule has 1 aromatic carbocycles. The predicted molar refractivity (Wildman–Crippen MR) is 76.6 cm³/mol. The normalized spacial score (nSPS) is 10.3. The van der Waals surface area contributed by atoms with Gasteiger partial charge in [0.1, 0.15) is 0 Å². The summed E-state index contributed by atoms with van der Waals surface area (Å²) in [6.45, 7) is 3.58. The number of carboxylic acid groups (broad SMARTS) is 1. The first-order valence-corrected chi connectivity index (χ1v) is 6.24. The van der Waals surface area contributed by atoms with Gasteiger partial charge in [-0.2, -0.15) is 0 Å². The van der Waals surface area contributed by atoms with Crippen molar-refractivity contribution in [1.82, 2.24) is 5.32 Å². The molecule has 0 heterocycles. The first-order chi connectivity index (χ1) is 9.72. The highest BCUT2D eigenvalue weighted by Crippen LogP contribution is 2.24. The van der Waals surface area contributed by atoms with E-state index >= 15 is 0 Å². The van der Waals surface area contributed by atoms with Crippen LogP contribution in [0.15, 0.2) is 18.2 Å². The third-order valence-corrected chi connectivity index (χ3v) is 2.66. The van der Waals surface area contributed by atoms with E-state index in [1.54, 1.807) is 7.05 Å². The second kappa shape index (κ2) is 6.69. The zero-order valence-corrected chi connectivity index (χ0v) is 12.0. The number of anilines is 1. The van der Waals surface area contributed by atoms with Crippen LogP contribution in [0.4, 0.5) is 11.4 Å². The molecule has 0 unspecified atom stereocenters. The van der Waals surface area contributed by atoms with Crippen LogP contribution in [0.3, 0.4) is 0 Å². The summed E-state index contributed by atoms with van der Waals surface area (Å²) >= 11 is 0. The van der Waals surface area contributed by atoms with Crippen molar-refractivity contribution in [2.24, 2.45) is 0 Å². The molecule has 0 saturated heterocycles. The summed E-state index contributed by atoms with van der Waals surface area (Å²) in [7, 11) is 1.55. The zero-order chi connectivity index (χ0) is 16.2. The minimum Gasteiger partial charge on any atom is -0.478 e. The lowest BCUT2D eigenvalue weighted by Crippen LogP contribution is -2.39. The summed E-state index contributed by atoms with van der Waals surface area (Å²) in [4.78, 5) is 34.4. The van der Waals surface area contributed by atoms with Crippen LogP contribution in [-0.4, -0.2) is 41.5 Å². The molecule has 1 amide bonds. The topological polar surface area (TPSA) is 113 Å². The molecule has 21 heavy (non-hydrogen) atoms. The molecule has 0 atom stereocenters. The highest BCUT2D eigenvalue weighted by Gasteiger charge is 2.19. The Morgan fingerprint density at radius 3 is 2.52 bits per heavy atom. The van der Waals surface area contributed by atoms with E-state index in [1.165, 1.54) is 17.0 Å². The lowest BCUT2D eigenvalue weighted by molar-refractivity contribution is -0.384. The van der Waals surface area contributed by atoms with E-state index in [2.05, 4.69) is 5.32 Å². The molecular formula is C13H17N3O5. The number of likely N-dealkylation sites (N-methyl/N-ethyl adjacent to an activating group) is 1. The van der Waals surface area contributed by atoms with Crippen molar-refractivity contribution < 1.29 is 19.6 Å². The van der Waals surface area contributed by atoms with E-state index in [4.69, 9.17) is 5.11 Å². The lowest BCUT2D eigenvalue weighted by Gasteiger charge is -2.21. The summed E-state index contributed by atoms with van der Waals surface area (Å²) in [6, 6.07) is 3.49. The first kappa shape index (κ1) is 16.4. The van der Waals surface area contributed by atoms with Crippen LogP contribution in [0, 0.1) is 10.1 Å². The second-order valence-electron chi connectivity index (χ2n) is 4.84. The Morgan fingerprint density at radius 2 is 2.05 bits per heavy atom. The smallest absolute Gasteiger partial charge is 0.338 e. The van der Waals surface area contributed by atoms with Crippen LogP contribution >= 0.6 is 0 Å². The highest BCUT2D eigenvalue weighted by atomic mass is 16.6. The number of aromatic carboxylic acids is 1. The molecular weight excluding hydrogens is 278 g/mol. The molecule has 1 aromatic rings. The Bertz CT molecular complexity index is 571. The third-order valence-electron chi connectivity index (χ3n) is 2.66. The minimum atomic E-state index is -1.29.